The number of Topliss-reactive ketones (excluding diaryl/α,β-unsaturated/α-hetero) is 2. The predicted octanol–water partition coefficient (Wildman–Crippen LogP) is 3.10. The van der Waals surface area contributed by atoms with E-state index in [9.17, 15) is 24.0 Å². The summed E-state index contributed by atoms with van der Waals surface area (Å²) in [7, 11) is 0. The highest BCUT2D eigenvalue weighted by molar-refractivity contribution is 6.05. The molecule has 0 amide bonds. The van der Waals surface area contributed by atoms with Crippen LogP contribution in [0.3, 0.4) is 0 Å². The first-order chi connectivity index (χ1) is 15.6. The number of esters is 3. The van der Waals surface area contributed by atoms with Crippen LogP contribution < -0.4 is 0 Å². The van der Waals surface area contributed by atoms with E-state index in [4.69, 9.17) is 14.2 Å². The Balaban J connectivity index is 2.05. The fourth-order valence-corrected chi connectivity index (χ4v) is 7.66. The summed E-state index contributed by atoms with van der Waals surface area (Å²) in [6.45, 7) is 11.2. The molecule has 186 valence electrons. The lowest BCUT2D eigenvalue weighted by molar-refractivity contribution is -0.223. The molecule has 0 aromatic carbocycles. The molecule has 0 spiro atoms. The van der Waals surface area contributed by atoms with Gasteiger partial charge in [0.25, 0.3) is 0 Å². The molecule has 0 N–H and O–H groups in total. The van der Waals surface area contributed by atoms with Gasteiger partial charge in [-0.05, 0) is 12.0 Å². The lowest BCUT2D eigenvalue weighted by atomic mass is 9.54. The molecule has 0 aliphatic heterocycles. The minimum absolute atomic E-state index is 0.0399. The Kier molecular flexibility index (Phi) is 5.42. The van der Waals surface area contributed by atoms with Crippen molar-refractivity contribution in [3.63, 3.8) is 0 Å². The van der Waals surface area contributed by atoms with Gasteiger partial charge in [0, 0.05) is 62.7 Å². The molecule has 4 bridgehead atoms. The molecular formula is C26H34O8. The zero-order valence-corrected chi connectivity index (χ0v) is 21.0. The lowest BCUT2D eigenvalue weighted by Gasteiger charge is -2.54. The van der Waals surface area contributed by atoms with Crippen molar-refractivity contribution in [2.24, 2.45) is 28.6 Å². The average molecular weight is 475 g/mol. The Morgan fingerprint density at radius 2 is 1.56 bits per heavy atom. The second kappa shape index (κ2) is 7.49. The number of carbonyl (C=O) groups is 5. The molecule has 0 aromatic rings. The molecular weight excluding hydrogens is 440 g/mol. The van der Waals surface area contributed by atoms with Gasteiger partial charge in [0.15, 0.2) is 17.2 Å². The van der Waals surface area contributed by atoms with Gasteiger partial charge in [0.2, 0.25) is 0 Å². The minimum atomic E-state index is -1.63. The van der Waals surface area contributed by atoms with Crippen LogP contribution in [0.15, 0.2) is 11.6 Å². The Bertz CT molecular complexity index is 1020. The van der Waals surface area contributed by atoms with E-state index >= 15 is 0 Å². The van der Waals surface area contributed by atoms with E-state index in [0.29, 0.717) is 12.0 Å². The van der Waals surface area contributed by atoms with Gasteiger partial charge in [0.05, 0.1) is 5.92 Å². The van der Waals surface area contributed by atoms with Crippen LogP contribution in [0.1, 0.15) is 74.1 Å². The zero-order chi connectivity index (χ0) is 25.4. The molecule has 3 saturated carbocycles. The maximum atomic E-state index is 14.5. The Morgan fingerprint density at radius 3 is 2.12 bits per heavy atom. The van der Waals surface area contributed by atoms with Gasteiger partial charge in [-0.2, -0.15) is 0 Å². The minimum Gasteiger partial charge on any atom is -0.462 e. The first-order valence-electron chi connectivity index (χ1n) is 12.0. The van der Waals surface area contributed by atoms with Crippen molar-refractivity contribution < 1.29 is 38.2 Å². The highest BCUT2D eigenvalue weighted by Crippen LogP contribution is 2.68. The molecule has 0 saturated heterocycles. The van der Waals surface area contributed by atoms with Crippen LogP contribution in [0, 0.1) is 28.6 Å². The summed E-state index contributed by atoms with van der Waals surface area (Å²) >= 11 is 0. The van der Waals surface area contributed by atoms with E-state index in [0.717, 1.165) is 0 Å². The molecule has 0 unspecified atom stereocenters. The van der Waals surface area contributed by atoms with Crippen molar-refractivity contribution in [3.8, 4) is 0 Å². The molecule has 0 aromatic heterocycles. The largest absolute Gasteiger partial charge is 0.462 e. The van der Waals surface area contributed by atoms with Crippen molar-refractivity contribution in [1.29, 1.82) is 0 Å². The third-order valence-corrected chi connectivity index (χ3v) is 8.67. The van der Waals surface area contributed by atoms with Crippen LogP contribution in [0.2, 0.25) is 0 Å². The summed E-state index contributed by atoms with van der Waals surface area (Å²) in [6, 6.07) is 0. The number of carbonyl (C=O) groups excluding carboxylic acids is 5. The Hall–Kier alpha value is -2.51. The van der Waals surface area contributed by atoms with E-state index in [-0.39, 0.29) is 36.7 Å². The summed E-state index contributed by atoms with van der Waals surface area (Å²) in [4.78, 5) is 64.9. The highest BCUT2D eigenvalue weighted by Gasteiger charge is 2.79. The number of fused-ring (bicyclic) bond motifs is 2. The third-order valence-electron chi connectivity index (χ3n) is 8.67. The molecule has 5 rings (SSSR count). The van der Waals surface area contributed by atoms with Crippen molar-refractivity contribution in [2.75, 3.05) is 0 Å². The van der Waals surface area contributed by atoms with E-state index in [1.807, 2.05) is 20.8 Å². The maximum Gasteiger partial charge on any atom is 0.303 e. The van der Waals surface area contributed by atoms with Crippen LogP contribution in [0.25, 0.3) is 0 Å². The summed E-state index contributed by atoms with van der Waals surface area (Å²) < 4.78 is 17.7. The average Bonchev–Trinajstić information content (AvgIpc) is 3.04. The first-order valence-corrected chi connectivity index (χ1v) is 12.0. The SMILES string of the molecule is CC(=O)O[C@H]1C/C=C2/C(=O)C(C)(C)C[C@H]2[C@@]2(C)C[C@]3(OC(C)=O)[C@@H](C)C[C@](OC(C)=O)(C2=O)[C@@H]13. The van der Waals surface area contributed by atoms with Gasteiger partial charge in [0.1, 0.15) is 11.7 Å². The van der Waals surface area contributed by atoms with Crippen LogP contribution in [-0.4, -0.2) is 46.8 Å². The molecule has 34 heavy (non-hydrogen) atoms. The molecule has 8 heteroatoms. The topological polar surface area (TPSA) is 113 Å². The molecule has 0 radical (unpaired) electrons. The number of ketones is 2. The second-order valence-electron chi connectivity index (χ2n) is 11.6. The van der Waals surface area contributed by atoms with Crippen LogP contribution in [-0.2, 0) is 38.2 Å². The van der Waals surface area contributed by atoms with Gasteiger partial charge >= 0.3 is 17.9 Å². The fourth-order valence-electron chi connectivity index (χ4n) is 7.66. The summed E-state index contributed by atoms with van der Waals surface area (Å²) in [6.07, 6.45) is 1.78. The van der Waals surface area contributed by atoms with Gasteiger partial charge in [-0.3, -0.25) is 24.0 Å². The lowest BCUT2D eigenvalue weighted by Crippen LogP contribution is -2.68. The van der Waals surface area contributed by atoms with E-state index in [1.54, 1.807) is 13.0 Å². The standard InChI is InChI=1S/C26H34O8/c1-13-10-25(33-15(3)28)20-19(32-14(2)27)9-8-17-18(11-23(5,6)21(17)30)24(7,22(25)31)12-26(13,20)34-16(4)29/h8,13,18-20H,9-12H2,1-7H3/b17-8+/t13-,18+,19-,20+,24+,25+,26-/m0/s1. The van der Waals surface area contributed by atoms with Gasteiger partial charge in [-0.1, -0.05) is 33.8 Å². The number of hydrogen-bond acceptors (Lipinski definition) is 8. The van der Waals surface area contributed by atoms with Crippen molar-refractivity contribution in [2.45, 2.75) is 91.5 Å². The Morgan fingerprint density at radius 1 is 0.941 bits per heavy atom. The smallest absolute Gasteiger partial charge is 0.303 e. The molecule has 5 aliphatic rings. The number of hydrogen-bond donors (Lipinski definition) is 0. The molecule has 5 aliphatic carbocycles. The number of allylic oxidation sites excluding steroid dienone is 1. The Labute approximate surface area is 199 Å². The third kappa shape index (κ3) is 3.20. The van der Waals surface area contributed by atoms with Crippen LogP contribution in [0.4, 0.5) is 0 Å². The quantitative estimate of drug-likeness (QED) is 0.453. The second-order valence-corrected chi connectivity index (χ2v) is 11.6. The van der Waals surface area contributed by atoms with Gasteiger partial charge < -0.3 is 14.2 Å². The zero-order valence-electron chi connectivity index (χ0n) is 21.0. The first kappa shape index (κ1) is 24.6. The molecule has 3 fully saturated rings. The van der Waals surface area contributed by atoms with E-state index < -0.39 is 57.9 Å². The molecule has 7 atom stereocenters. The van der Waals surface area contributed by atoms with Crippen LogP contribution in [0.5, 0.6) is 0 Å². The number of ether oxygens (including phenoxy) is 3. The van der Waals surface area contributed by atoms with Crippen molar-refractivity contribution >= 4 is 29.5 Å². The van der Waals surface area contributed by atoms with E-state index in [1.165, 1.54) is 20.8 Å². The van der Waals surface area contributed by atoms with Gasteiger partial charge in [-0.25, -0.2) is 0 Å². The predicted molar refractivity (Wildman–Crippen MR) is 119 cm³/mol. The maximum absolute atomic E-state index is 14.5. The summed E-state index contributed by atoms with van der Waals surface area (Å²) in [5.74, 6) is -3.72. The normalized spacial score (nSPS) is 43.7. The fraction of sp³-hybridized carbons (Fsp3) is 0.731. The summed E-state index contributed by atoms with van der Waals surface area (Å²) in [5, 5.41) is 0. The van der Waals surface area contributed by atoms with E-state index in [2.05, 4.69) is 0 Å². The molecule has 8 nitrogen and oxygen atoms in total. The summed E-state index contributed by atoms with van der Waals surface area (Å²) in [5.41, 5.74) is -4.09. The van der Waals surface area contributed by atoms with Crippen LogP contribution >= 0.6 is 0 Å². The number of rotatable bonds is 3. The monoisotopic (exact) mass is 474 g/mol. The van der Waals surface area contributed by atoms with Crippen molar-refractivity contribution in [1.82, 2.24) is 0 Å². The van der Waals surface area contributed by atoms with Gasteiger partial charge in [-0.15, -0.1) is 0 Å². The van der Waals surface area contributed by atoms with Crippen molar-refractivity contribution in [3.05, 3.63) is 11.6 Å². The molecule has 0 heterocycles. The highest BCUT2D eigenvalue weighted by atomic mass is 16.6.